The second-order valence-corrected chi connectivity index (χ2v) is 4.16. The first kappa shape index (κ1) is 10.5. The average molecular weight is 184 g/mol. The first-order valence-corrected chi connectivity index (χ1v) is 5.07. The minimum Gasteiger partial charge on any atom is -0.358 e. The maximum atomic E-state index is 10.1. The van der Waals surface area contributed by atoms with Crippen molar-refractivity contribution < 1.29 is 4.79 Å². The van der Waals surface area contributed by atoms with Gasteiger partial charge in [0.1, 0.15) is 0 Å². The molecule has 1 N–H and O–H groups in total. The number of hydrogen-bond donors (Lipinski definition) is 1. The highest BCUT2D eigenvalue weighted by Crippen LogP contribution is 2.25. The summed E-state index contributed by atoms with van der Waals surface area (Å²) in [6.07, 6.45) is 5.86. The highest BCUT2D eigenvalue weighted by molar-refractivity contribution is 5.45. The topological polar surface area (TPSA) is 32.3 Å². The van der Waals surface area contributed by atoms with E-state index in [1.807, 2.05) is 0 Å². The molecule has 0 aliphatic heterocycles. The van der Waals surface area contributed by atoms with Gasteiger partial charge in [-0.05, 0) is 45.7 Å². The summed E-state index contributed by atoms with van der Waals surface area (Å²) in [5.74, 6) is 0.710. The van der Waals surface area contributed by atoms with Crippen LogP contribution in [0.15, 0.2) is 0 Å². The van der Waals surface area contributed by atoms with Crippen molar-refractivity contribution in [2.24, 2.45) is 5.92 Å². The summed E-state index contributed by atoms with van der Waals surface area (Å²) in [5, 5.41) is 2.77. The smallest absolute Gasteiger partial charge is 0.207 e. The zero-order chi connectivity index (χ0) is 9.68. The van der Waals surface area contributed by atoms with E-state index in [9.17, 15) is 4.79 Å². The number of rotatable bonds is 4. The maximum Gasteiger partial charge on any atom is 0.207 e. The van der Waals surface area contributed by atoms with Gasteiger partial charge in [0.25, 0.3) is 0 Å². The third-order valence-corrected chi connectivity index (χ3v) is 3.04. The van der Waals surface area contributed by atoms with Gasteiger partial charge in [-0.1, -0.05) is 0 Å². The van der Waals surface area contributed by atoms with Gasteiger partial charge in [-0.2, -0.15) is 0 Å². The monoisotopic (exact) mass is 184 g/mol. The Kier molecular flexibility index (Phi) is 4.22. The Morgan fingerprint density at radius 2 is 1.92 bits per heavy atom. The van der Waals surface area contributed by atoms with E-state index in [0.29, 0.717) is 5.92 Å². The molecule has 3 nitrogen and oxygen atoms in total. The third-order valence-electron chi connectivity index (χ3n) is 3.04. The lowest BCUT2D eigenvalue weighted by atomic mass is 9.85. The lowest BCUT2D eigenvalue weighted by molar-refractivity contribution is -0.109. The summed E-state index contributed by atoms with van der Waals surface area (Å²) in [6.45, 7) is 0.865. The summed E-state index contributed by atoms with van der Waals surface area (Å²) < 4.78 is 0. The summed E-state index contributed by atoms with van der Waals surface area (Å²) in [4.78, 5) is 12.4. The molecule has 0 heterocycles. The Labute approximate surface area is 80.5 Å². The molecule has 0 aromatic heterocycles. The van der Waals surface area contributed by atoms with Crippen LogP contribution >= 0.6 is 0 Å². The molecule has 0 saturated heterocycles. The van der Waals surface area contributed by atoms with E-state index >= 15 is 0 Å². The lowest BCUT2D eigenvalue weighted by Gasteiger charge is -2.32. The molecule has 0 aromatic carbocycles. The van der Waals surface area contributed by atoms with Crippen LogP contribution in [0.3, 0.4) is 0 Å². The van der Waals surface area contributed by atoms with E-state index < -0.39 is 0 Å². The van der Waals surface area contributed by atoms with Crippen molar-refractivity contribution in [1.82, 2.24) is 10.2 Å². The summed E-state index contributed by atoms with van der Waals surface area (Å²) in [6, 6.07) is 0.757. The van der Waals surface area contributed by atoms with Crippen molar-refractivity contribution in [3.05, 3.63) is 0 Å². The molecule has 0 radical (unpaired) electrons. The van der Waals surface area contributed by atoms with E-state index in [1.54, 1.807) is 0 Å². The standard InChI is InChI=1S/C10H20N2O/c1-12(2)10-5-3-9(4-6-10)7-11-8-13/h8-10H,3-7H2,1-2H3,(H,11,13). The van der Waals surface area contributed by atoms with Crippen LogP contribution in [-0.4, -0.2) is 38.0 Å². The van der Waals surface area contributed by atoms with Crippen LogP contribution in [0.25, 0.3) is 0 Å². The van der Waals surface area contributed by atoms with Crippen molar-refractivity contribution in [3.8, 4) is 0 Å². The Morgan fingerprint density at radius 1 is 1.31 bits per heavy atom. The van der Waals surface area contributed by atoms with Gasteiger partial charge >= 0.3 is 0 Å². The van der Waals surface area contributed by atoms with Gasteiger partial charge < -0.3 is 10.2 Å². The van der Waals surface area contributed by atoms with Crippen LogP contribution in [0.5, 0.6) is 0 Å². The molecule has 0 unspecified atom stereocenters. The molecule has 0 bridgehead atoms. The Hall–Kier alpha value is -0.570. The van der Waals surface area contributed by atoms with Crippen molar-refractivity contribution in [2.75, 3.05) is 20.6 Å². The maximum absolute atomic E-state index is 10.1. The van der Waals surface area contributed by atoms with Crippen LogP contribution in [0.1, 0.15) is 25.7 Å². The van der Waals surface area contributed by atoms with Gasteiger partial charge in [-0.25, -0.2) is 0 Å². The number of amides is 1. The number of hydrogen-bond acceptors (Lipinski definition) is 2. The largest absolute Gasteiger partial charge is 0.358 e. The molecule has 1 fully saturated rings. The second-order valence-electron chi connectivity index (χ2n) is 4.16. The van der Waals surface area contributed by atoms with Crippen molar-refractivity contribution in [1.29, 1.82) is 0 Å². The third kappa shape index (κ3) is 3.35. The van der Waals surface area contributed by atoms with Gasteiger partial charge in [0, 0.05) is 12.6 Å². The van der Waals surface area contributed by atoms with Gasteiger partial charge in [-0.15, -0.1) is 0 Å². The number of nitrogens with zero attached hydrogens (tertiary/aromatic N) is 1. The Balaban J connectivity index is 2.18. The molecule has 1 aliphatic carbocycles. The SMILES string of the molecule is CN(C)C1CCC(CNC=O)CC1. The molecule has 0 aromatic rings. The first-order valence-electron chi connectivity index (χ1n) is 5.07. The van der Waals surface area contributed by atoms with E-state index in [1.165, 1.54) is 25.7 Å². The average Bonchev–Trinajstić information content (AvgIpc) is 2.15. The Bertz CT molecular complexity index is 151. The molecule has 0 atom stereocenters. The highest BCUT2D eigenvalue weighted by atomic mass is 16.1. The lowest BCUT2D eigenvalue weighted by Crippen LogP contribution is -2.34. The fourth-order valence-electron chi connectivity index (χ4n) is 2.08. The fraction of sp³-hybridized carbons (Fsp3) is 0.900. The zero-order valence-electron chi connectivity index (χ0n) is 8.62. The predicted molar refractivity (Wildman–Crippen MR) is 53.5 cm³/mol. The van der Waals surface area contributed by atoms with Crippen LogP contribution in [0, 0.1) is 5.92 Å². The highest BCUT2D eigenvalue weighted by Gasteiger charge is 2.21. The zero-order valence-corrected chi connectivity index (χ0v) is 8.62. The van der Waals surface area contributed by atoms with Crippen molar-refractivity contribution in [3.63, 3.8) is 0 Å². The summed E-state index contributed by atoms with van der Waals surface area (Å²) in [7, 11) is 4.29. The van der Waals surface area contributed by atoms with Crippen molar-refractivity contribution >= 4 is 6.41 Å². The molecular weight excluding hydrogens is 164 g/mol. The molecule has 13 heavy (non-hydrogen) atoms. The first-order chi connectivity index (χ1) is 6.24. The van der Waals surface area contributed by atoms with E-state index in [0.717, 1.165) is 19.0 Å². The van der Waals surface area contributed by atoms with E-state index in [2.05, 4.69) is 24.3 Å². The van der Waals surface area contributed by atoms with Crippen molar-refractivity contribution in [2.45, 2.75) is 31.7 Å². The molecule has 0 spiro atoms. The van der Waals surface area contributed by atoms with Gasteiger partial charge in [0.15, 0.2) is 0 Å². The van der Waals surface area contributed by atoms with Gasteiger partial charge in [0.05, 0.1) is 0 Å². The summed E-state index contributed by atoms with van der Waals surface area (Å²) in [5.41, 5.74) is 0. The van der Waals surface area contributed by atoms with Crippen LogP contribution in [0.4, 0.5) is 0 Å². The van der Waals surface area contributed by atoms with Crippen LogP contribution < -0.4 is 5.32 Å². The van der Waals surface area contributed by atoms with Crippen LogP contribution in [-0.2, 0) is 4.79 Å². The van der Waals surface area contributed by atoms with Crippen LogP contribution in [0.2, 0.25) is 0 Å². The molecule has 1 rings (SSSR count). The number of nitrogens with one attached hydrogen (secondary N) is 1. The number of carbonyl (C=O) groups excluding carboxylic acids is 1. The fourth-order valence-corrected chi connectivity index (χ4v) is 2.08. The normalized spacial score (nSPS) is 28.8. The van der Waals surface area contributed by atoms with Gasteiger partial charge in [-0.3, -0.25) is 4.79 Å². The van der Waals surface area contributed by atoms with E-state index in [4.69, 9.17) is 0 Å². The minimum absolute atomic E-state index is 0.710. The molecule has 1 amide bonds. The number of carbonyl (C=O) groups is 1. The molecule has 76 valence electrons. The Morgan fingerprint density at radius 3 is 2.38 bits per heavy atom. The molecular formula is C10H20N2O. The summed E-state index contributed by atoms with van der Waals surface area (Å²) >= 11 is 0. The minimum atomic E-state index is 0.710. The molecule has 1 saturated carbocycles. The van der Waals surface area contributed by atoms with Gasteiger partial charge in [0.2, 0.25) is 6.41 Å². The quantitative estimate of drug-likeness (QED) is 0.657. The predicted octanol–water partition coefficient (Wildman–Crippen LogP) is 0.853. The molecule has 3 heteroatoms. The van der Waals surface area contributed by atoms with E-state index in [-0.39, 0.29) is 0 Å². The second kappa shape index (κ2) is 5.22. The molecule has 1 aliphatic rings.